The van der Waals surface area contributed by atoms with Crippen LogP contribution in [0.4, 0.5) is 5.13 Å². The first-order chi connectivity index (χ1) is 10.8. The minimum Gasteiger partial charge on any atom is -0.346 e. The third-order valence-corrected chi connectivity index (χ3v) is 4.88. The average molecular weight is 315 g/mol. The molecule has 1 aliphatic rings. The first-order valence-corrected chi connectivity index (χ1v) is 8.69. The van der Waals surface area contributed by atoms with Gasteiger partial charge in [0.05, 0.1) is 5.69 Å². The highest BCUT2D eigenvalue weighted by Crippen LogP contribution is 2.27. The number of aromatic nitrogens is 1. The summed E-state index contributed by atoms with van der Waals surface area (Å²) in [5, 5.41) is 3.18. The van der Waals surface area contributed by atoms with Gasteiger partial charge >= 0.3 is 0 Å². The van der Waals surface area contributed by atoms with Gasteiger partial charge in [-0.3, -0.25) is 4.79 Å². The van der Waals surface area contributed by atoms with Gasteiger partial charge in [0.2, 0.25) is 5.91 Å². The molecule has 2 aromatic rings. The highest BCUT2D eigenvalue weighted by molar-refractivity contribution is 7.14. The van der Waals surface area contributed by atoms with Crippen molar-refractivity contribution in [1.82, 2.24) is 9.88 Å². The molecule has 0 bridgehead atoms. The molecule has 0 aliphatic carbocycles. The number of thiazole rings is 1. The first kappa shape index (κ1) is 15.0. The van der Waals surface area contributed by atoms with Crippen LogP contribution in [0.5, 0.6) is 0 Å². The number of hydrogen-bond donors (Lipinski definition) is 0. The minimum absolute atomic E-state index is 0.256. The van der Waals surface area contributed by atoms with Gasteiger partial charge in [-0.2, -0.15) is 0 Å². The first-order valence-electron chi connectivity index (χ1n) is 7.81. The van der Waals surface area contributed by atoms with Crippen molar-refractivity contribution in [3.8, 4) is 11.3 Å². The molecule has 1 aromatic carbocycles. The number of nitrogens with zero attached hydrogens (tertiary/aromatic N) is 3. The van der Waals surface area contributed by atoms with E-state index in [1.807, 2.05) is 30.0 Å². The summed E-state index contributed by atoms with van der Waals surface area (Å²) in [5.74, 6) is 0.256. The molecular formula is C17H21N3OS. The topological polar surface area (TPSA) is 36.4 Å². The molecule has 0 radical (unpaired) electrons. The third-order valence-electron chi connectivity index (χ3n) is 3.98. The maximum atomic E-state index is 11.8. The number of anilines is 1. The molecule has 0 spiro atoms. The lowest BCUT2D eigenvalue weighted by atomic mass is 10.2. The molecule has 1 amide bonds. The Hall–Kier alpha value is -1.88. The Balaban J connectivity index is 1.70. The molecule has 1 saturated heterocycles. The molecule has 1 aliphatic heterocycles. The van der Waals surface area contributed by atoms with Crippen molar-refractivity contribution in [2.24, 2.45) is 0 Å². The summed E-state index contributed by atoms with van der Waals surface area (Å²) < 4.78 is 0. The van der Waals surface area contributed by atoms with E-state index in [1.54, 1.807) is 11.3 Å². The summed E-state index contributed by atoms with van der Waals surface area (Å²) in [7, 11) is 0. The lowest BCUT2D eigenvalue weighted by molar-refractivity contribution is -0.130. The number of amides is 1. The van der Waals surface area contributed by atoms with Gasteiger partial charge in [-0.25, -0.2) is 4.98 Å². The largest absolute Gasteiger partial charge is 0.346 e. The van der Waals surface area contributed by atoms with Crippen molar-refractivity contribution in [2.45, 2.75) is 19.8 Å². The normalized spacial score (nSPS) is 15.7. The Labute approximate surface area is 135 Å². The van der Waals surface area contributed by atoms with Crippen LogP contribution < -0.4 is 4.90 Å². The van der Waals surface area contributed by atoms with Crippen molar-refractivity contribution in [3.05, 3.63) is 35.7 Å². The van der Waals surface area contributed by atoms with Gasteiger partial charge in [-0.05, 0) is 6.42 Å². The van der Waals surface area contributed by atoms with Crippen LogP contribution in [0.2, 0.25) is 0 Å². The van der Waals surface area contributed by atoms with Gasteiger partial charge in [0.25, 0.3) is 0 Å². The number of benzene rings is 1. The van der Waals surface area contributed by atoms with Crippen LogP contribution in [-0.4, -0.2) is 42.0 Å². The Bertz CT molecular complexity index is 626. The van der Waals surface area contributed by atoms with Crippen LogP contribution in [0.1, 0.15) is 19.8 Å². The fourth-order valence-corrected chi connectivity index (χ4v) is 3.62. The van der Waals surface area contributed by atoms with E-state index in [-0.39, 0.29) is 5.91 Å². The Kier molecular flexibility index (Phi) is 4.73. The van der Waals surface area contributed by atoms with Crippen molar-refractivity contribution in [2.75, 3.05) is 31.1 Å². The van der Waals surface area contributed by atoms with Crippen LogP contribution in [0.3, 0.4) is 0 Å². The molecule has 0 saturated carbocycles. The van der Waals surface area contributed by atoms with Crippen molar-refractivity contribution < 1.29 is 4.79 Å². The molecule has 1 fully saturated rings. The van der Waals surface area contributed by atoms with Crippen LogP contribution in [-0.2, 0) is 4.79 Å². The predicted octanol–water partition coefficient (Wildman–Crippen LogP) is 3.26. The highest BCUT2D eigenvalue weighted by Gasteiger charge is 2.19. The Morgan fingerprint density at radius 3 is 2.77 bits per heavy atom. The number of carbonyl (C=O) groups is 1. The van der Waals surface area contributed by atoms with Crippen molar-refractivity contribution in [3.63, 3.8) is 0 Å². The van der Waals surface area contributed by atoms with E-state index in [0.29, 0.717) is 6.42 Å². The molecule has 116 valence electrons. The number of carbonyl (C=O) groups excluding carboxylic acids is 1. The van der Waals surface area contributed by atoms with Crippen molar-refractivity contribution >= 4 is 22.4 Å². The summed E-state index contributed by atoms with van der Waals surface area (Å²) in [4.78, 5) is 20.9. The van der Waals surface area contributed by atoms with Crippen molar-refractivity contribution in [1.29, 1.82) is 0 Å². The van der Waals surface area contributed by atoms with E-state index in [1.165, 1.54) is 0 Å². The Morgan fingerprint density at radius 2 is 2.00 bits per heavy atom. The molecule has 2 heterocycles. The molecule has 0 atom stereocenters. The van der Waals surface area contributed by atoms with Gasteiger partial charge in [0.1, 0.15) is 0 Å². The second-order valence-electron chi connectivity index (χ2n) is 5.46. The third kappa shape index (κ3) is 3.30. The molecule has 0 unspecified atom stereocenters. The molecule has 4 nitrogen and oxygen atoms in total. The zero-order valence-corrected chi connectivity index (χ0v) is 13.7. The maximum absolute atomic E-state index is 11.8. The van der Waals surface area contributed by atoms with E-state index in [4.69, 9.17) is 4.98 Å². The second kappa shape index (κ2) is 6.92. The average Bonchev–Trinajstić information content (AvgIpc) is 2.93. The van der Waals surface area contributed by atoms with Crippen LogP contribution >= 0.6 is 11.3 Å². The standard InChI is InChI=1S/C17H21N3OS/c1-2-16(21)19-9-6-10-20(12-11-19)17-18-15(13-22-17)14-7-4-3-5-8-14/h3-5,7-8,13H,2,6,9-12H2,1H3. The smallest absolute Gasteiger partial charge is 0.222 e. The van der Waals surface area contributed by atoms with Crippen LogP contribution in [0.15, 0.2) is 35.7 Å². The van der Waals surface area contributed by atoms with Gasteiger partial charge < -0.3 is 9.80 Å². The molecule has 5 heteroatoms. The Morgan fingerprint density at radius 1 is 1.18 bits per heavy atom. The SMILES string of the molecule is CCC(=O)N1CCCN(c2nc(-c3ccccc3)cs2)CC1. The van der Waals surface area contributed by atoms with Gasteiger partial charge in [-0.1, -0.05) is 37.3 Å². The second-order valence-corrected chi connectivity index (χ2v) is 6.29. The quantitative estimate of drug-likeness (QED) is 0.872. The predicted molar refractivity (Wildman–Crippen MR) is 91.3 cm³/mol. The molecule has 22 heavy (non-hydrogen) atoms. The monoisotopic (exact) mass is 315 g/mol. The number of rotatable bonds is 3. The van der Waals surface area contributed by atoms with Gasteiger partial charge in [-0.15, -0.1) is 11.3 Å². The van der Waals surface area contributed by atoms with Gasteiger partial charge in [0.15, 0.2) is 5.13 Å². The van der Waals surface area contributed by atoms with Crippen LogP contribution in [0.25, 0.3) is 11.3 Å². The maximum Gasteiger partial charge on any atom is 0.222 e. The van der Waals surface area contributed by atoms with E-state index >= 15 is 0 Å². The lowest BCUT2D eigenvalue weighted by Gasteiger charge is -2.21. The summed E-state index contributed by atoms with van der Waals surface area (Å²) in [6, 6.07) is 10.3. The van der Waals surface area contributed by atoms with Gasteiger partial charge in [0, 0.05) is 43.5 Å². The number of hydrogen-bond acceptors (Lipinski definition) is 4. The molecule has 3 rings (SSSR count). The summed E-state index contributed by atoms with van der Waals surface area (Å²) in [6.07, 6.45) is 1.60. The molecular weight excluding hydrogens is 294 g/mol. The summed E-state index contributed by atoms with van der Waals surface area (Å²) >= 11 is 1.69. The van der Waals surface area contributed by atoms with Crippen LogP contribution in [0, 0.1) is 0 Å². The highest BCUT2D eigenvalue weighted by atomic mass is 32.1. The minimum atomic E-state index is 0.256. The fraction of sp³-hybridized carbons (Fsp3) is 0.412. The fourth-order valence-electron chi connectivity index (χ4n) is 2.73. The lowest BCUT2D eigenvalue weighted by Crippen LogP contribution is -2.34. The van der Waals surface area contributed by atoms with E-state index in [9.17, 15) is 4.79 Å². The zero-order chi connectivity index (χ0) is 15.4. The zero-order valence-electron chi connectivity index (χ0n) is 12.9. The molecule has 0 N–H and O–H groups in total. The van der Waals surface area contributed by atoms with E-state index in [2.05, 4.69) is 22.4 Å². The summed E-state index contributed by atoms with van der Waals surface area (Å²) in [6.45, 7) is 5.42. The molecule has 1 aromatic heterocycles. The van der Waals surface area contributed by atoms with E-state index in [0.717, 1.165) is 49.0 Å². The van der Waals surface area contributed by atoms with E-state index < -0.39 is 0 Å². The summed E-state index contributed by atoms with van der Waals surface area (Å²) in [5.41, 5.74) is 2.19.